The lowest BCUT2D eigenvalue weighted by Crippen LogP contribution is -2.54. The van der Waals surface area contributed by atoms with E-state index >= 15 is 0 Å². The summed E-state index contributed by atoms with van der Waals surface area (Å²) in [6.07, 6.45) is 4.09. The number of rotatable bonds is 6. The van der Waals surface area contributed by atoms with Crippen molar-refractivity contribution in [3.63, 3.8) is 0 Å². The van der Waals surface area contributed by atoms with Crippen LogP contribution in [-0.4, -0.2) is 25.2 Å². The number of hydrogen-bond acceptors (Lipinski definition) is 4. The normalized spacial score (nSPS) is 29.4. The van der Waals surface area contributed by atoms with Gasteiger partial charge in [-0.15, -0.1) is 0 Å². The van der Waals surface area contributed by atoms with E-state index in [2.05, 4.69) is 13.8 Å². The Labute approximate surface area is 133 Å². The van der Waals surface area contributed by atoms with Crippen LogP contribution >= 0.6 is 0 Å². The van der Waals surface area contributed by atoms with Gasteiger partial charge in [0.1, 0.15) is 0 Å². The lowest BCUT2D eigenvalue weighted by molar-refractivity contribution is -0.176. The minimum Gasteiger partial charge on any atom is -0.465 e. The maximum atomic E-state index is 12.4. The van der Waals surface area contributed by atoms with Crippen molar-refractivity contribution in [1.29, 1.82) is 0 Å². The van der Waals surface area contributed by atoms with E-state index in [1.165, 1.54) is 12.8 Å². The molecule has 4 heteroatoms. The van der Waals surface area contributed by atoms with Gasteiger partial charge in [0.15, 0.2) is 5.41 Å². The molecule has 3 atom stereocenters. The summed E-state index contributed by atoms with van der Waals surface area (Å²) >= 11 is 0. The van der Waals surface area contributed by atoms with Crippen LogP contribution in [0.5, 0.6) is 0 Å². The summed E-state index contributed by atoms with van der Waals surface area (Å²) in [5.74, 6) is 0.943. The van der Waals surface area contributed by atoms with Crippen LogP contribution in [0.15, 0.2) is 0 Å². The Bertz CT molecular complexity index is 420. The molecule has 2 bridgehead atoms. The van der Waals surface area contributed by atoms with E-state index in [1.807, 2.05) is 0 Å². The van der Waals surface area contributed by atoms with Crippen LogP contribution in [0.2, 0.25) is 0 Å². The van der Waals surface area contributed by atoms with Crippen molar-refractivity contribution >= 4 is 11.9 Å². The predicted octanol–water partition coefficient (Wildman–Crippen LogP) is 3.58. The van der Waals surface area contributed by atoms with Crippen molar-refractivity contribution in [3.05, 3.63) is 0 Å². The number of hydrogen-bond donors (Lipinski definition) is 0. The van der Waals surface area contributed by atoms with Crippen LogP contribution in [-0.2, 0) is 19.1 Å². The van der Waals surface area contributed by atoms with Gasteiger partial charge in [-0.3, -0.25) is 9.59 Å². The first-order chi connectivity index (χ1) is 10.3. The second kappa shape index (κ2) is 6.21. The summed E-state index contributed by atoms with van der Waals surface area (Å²) in [6.45, 7) is 10.5. The monoisotopic (exact) mass is 310 g/mol. The molecule has 0 aliphatic heterocycles. The Morgan fingerprint density at radius 1 is 1.09 bits per heavy atom. The van der Waals surface area contributed by atoms with E-state index in [-0.39, 0.29) is 13.2 Å². The van der Waals surface area contributed by atoms with E-state index in [4.69, 9.17) is 9.47 Å². The SMILES string of the molecule is CCOC(=O)C(C)(CC1CCC2CC1C2(C)C)C(=O)OCC. The van der Waals surface area contributed by atoms with Crippen molar-refractivity contribution in [3.8, 4) is 0 Å². The zero-order chi connectivity index (χ0) is 16.5. The summed E-state index contributed by atoms with van der Waals surface area (Å²) in [7, 11) is 0. The maximum absolute atomic E-state index is 12.4. The fourth-order valence-electron chi connectivity index (χ4n) is 4.56. The second-order valence-electron chi connectivity index (χ2n) is 7.68. The highest BCUT2D eigenvalue weighted by molar-refractivity contribution is 5.99. The molecule has 0 heterocycles. The van der Waals surface area contributed by atoms with Gasteiger partial charge in [0.25, 0.3) is 0 Å². The van der Waals surface area contributed by atoms with Crippen molar-refractivity contribution in [2.24, 2.45) is 28.6 Å². The van der Waals surface area contributed by atoms with Gasteiger partial charge in [-0.25, -0.2) is 0 Å². The smallest absolute Gasteiger partial charge is 0.323 e. The molecule has 0 radical (unpaired) electrons. The van der Waals surface area contributed by atoms with Crippen molar-refractivity contribution in [2.75, 3.05) is 13.2 Å². The molecule has 0 aromatic heterocycles. The molecular formula is C18H30O4. The lowest BCUT2D eigenvalue weighted by atomic mass is 9.44. The standard InChI is InChI=1S/C18H30O4/c1-6-21-15(19)18(5,16(20)22-7-2)11-12-8-9-13-10-14(12)17(13,3)4/h12-14H,6-11H2,1-5H3. The van der Waals surface area contributed by atoms with Gasteiger partial charge in [0.05, 0.1) is 13.2 Å². The summed E-state index contributed by atoms with van der Waals surface area (Å²) in [5, 5.41) is 0. The molecular weight excluding hydrogens is 280 g/mol. The molecule has 0 aromatic carbocycles. The third-order valence-corrected chi connectivity index (χ3v) is 6.12. The van der Waals surface area contributed by atoms with Crippen molar-refractivity contribution in [1.82, 2.24) is 0 Å². The molecule has 3 aliphatic rings. The van der Waals surface area contributed by atoms with Crippen LogP contribution in [0, 0.1) is 28.6 Å². The van der Waals surface area contributed by atoms with E-state index in [1.54, 1.807) is 20.8 Å². The summed E-state index contributed by atoms with van der Waals surface area (Å²) < 4.78 is 10.4. The fourth-order valence-corrected chi connectivity index (χ4v) is 4.56. The third-order valence-electron chi connectivity index (χ3n) is 6.12. The summed E-state index contributed by atoms with van der Waals surface area (Å²) in [5.41, 5.74) is -0.831. The first-order valence-electron chi connectivity index (χ1n) is 8.61. The zero-order valence-electron chi connectivity index (χ0n) is 14.6. The number of ether oxygens (including phenoxy) is 2. The Hall–Kier alpha value is -1.06. The fraction of sp³-hybridized carbons (Fsp3) is 0.889. The molecule has 3 fully saturated rings. The molecule has 0 spiro atoms. The van der Waals surface area contributed by atoms with Gasteiger partial charge in [-0.05, 0) is 69.6 Å². The molecule has 22 heavy (non-hydrogen) atoms. The summed E-state index contributed by atoms with van der Waals surface area (Å²) in [6, 6.07) is 0. The molecule has 0 saturated heterocycles. The lowest BCUT2D eigenvalue weighted by Gasteiger charge is -2.60. The third kappa shape index (κ3) is 2.77. The molecule has 3 rings (SSSR count). The number of carbonyl (C=O) groups excluding carboxylic acids is 2. The minimum atomic E-state index is -1.17. The van der Waals surface area contributed by atoms with E-state index in [0.29, 0.717) is 23.7 Å². The van der Waals surface area contributed by atoms with Gasteiger partial charge < -0.3 is 9.47 Å². The zero-order valence-corrected chi connectivity index (χ0v) is 14.6. The van der Waals surface area contributed by atoms with Gasteiger partial charge >= 0.3 is 11.9 Å². The van der Waals surface area contributed by atoms with Crippen molar-refractivity contribution in [2.45, 2.75) is 60.3 Å². The van der Waals surface area contributed by atoms with Crippen molar-refractivity contribution < 1.29 is 19.1 Å². The highest BCUT2D eigenvalue weighted by Crippen LogP contribution is 2.63. The summed E-state index contributed by atoms with van der Waals surface area (Å²) in [4.78, 5) is 24.8. The Kier molecular flexibility index (Phi) is 4.88. The highest BCUT2D eigenvalue weighted by atomic mass is 16.6. The molecule has 3 aliphatic carbocycles. The number of carbonyl (C=O) groups is 2. The Balaban J connectivity index is 2.16. The molecule has 0 N–H and O–H groups in total. The van der Waals surface area contributed by atoms with Crippen LogP contribution in [0.1, 0.15) is 60.3 Å². The van der Waals surface area contributed by atoms with Crippen LogP contribution < -0.4 is 0 Å². The molecule has 3 saturated carbocycles. The van der Waals surface area contributed by atoms with Crippen LogP contribution in [0.4, 0.5) is 0 Å². The van der Waals surface area contributed by atoms with E-state index < -0.39 is 17.4 Å². The Morgan fingerprint density at radius 3 is 2.05 bits per heavy atom. The first kappa shape index (κ1) is 17.3. The molecule has 126 valence electrons. The maximum Gasteiger partial charge on any atom is 0.323 e. The van der Waals surface area contributed by atoms with Gasteiger partial charge in [0, 0.05) is 0 Å². The van der Waals surface area contributed by atoms with Crippen LogP contribution in [0.25, 0.3) is 0 Å². The highest BCUT2D eigenvalue weighted by Gasteiger charge is 2.57. The molecule has 0 amide bonds. The molecule has 3 unspecified atom stereocenters. The van der Waals surface area contributed by atoms with Gasteiger partial charge in [-0.1, -0.05) is 13.8 Å². The second-order valence-corrected chi connectivity index (χ2v) is 7.68. The van der Waals surface area contributed by atoms with Crippen LogP contribution in [0.3, 0.4) is 0 Å². The molecule has 4 nitrogen and oxygen atoms in total. The predicted molar refractivity (Wildman–Crippen MR) is 84.1 cm³/mol. The largest absolute Gasteiger partial charge is 0.465 e. The minimum absolute atomic E-state index is 0.287. The number of esters is 2. The topological polar surface area (TPSA) is 52.6 Å². The van der Waals surface area contributed by atoms with E-state index in [9.17, 15) is 9.59 Å². The average molecular weight is 310 g/mol. The van der Waals surface area contributed by atoms with Gasteiger partial charge in [-0.2, -0.15) is 0 Å². The quantitative estimate of drug-likeness (QED) is 0.556. The first-order valence-corrected chi connectivity index (χ1v) is 8.61. The Morgan fingerprint density at radius 2 is 1.64 bits per heavy atom. The average Bonchev–Trinajstić information content (AvgIpc) is 2.47. The molecule has 0 aromatic rings. The number of fused-ring (bicyclic) bond motifs is 2. The van der Waals surface area contributed by atoms with E-state index in [0.717, 1.165) is 12.3 Å². The van der Waals surface area contributed by atoms with Gasteiger partial charge in [0.2, 0.25) is 0 Å².